The number of aromatic nitrogens is 3. The largest absolute Gasteiger partial charge is 0.478 e. The van der Waals surface area contributed by atoms with Gasteiger partial charge in [0.1, 0.15) is 0 Å². The molecule has 176 valence electrons. The Balaban J connectivity index is 1.66. The second kappa shape index (κ2) is 11.3. The lowest BCUT2D eigenvalue weighted by molar-refractivity contribution is -0.113. The summed E-state index contributed by atoms with van der Waals surface area (Å²) in [5.41, 5.74) is 2.09. The number of nitrogens with zero attached hydrogens (tertiary/aromatic N) is 3. The molecule has 0 unspecified atom stereocenters. The highest BCUT2D eigenvalue weighted by molar-refractivity contribution is 7.99. The Morgan fingerprint density at radius 1 is 1.15 bits per heavy atom. The summed E-state index contributed by atoms with van der Waals surface area (Å²) in [6, 6.07) is 12.9. The summed E-state index contributed by atoms with van der Waals surface area (Å²) in [6.45, 7) is 7.93. The van der Waals surface area contributed by atoms with Crippen LogP contribution >= 0.6 is 11.8 Å². The first-order chi connectivity index (χ1) is 16.3. The van der Waals surface area contributed by atoms with Crippen LogP contribution in [0.4, 0.5) is 5.69 Å². The number of benzene rings is 2. The van der Waals surface area contributed by atoms with Crippen LogP contribution in [0.25, 0.3) is 0 Å². The second-order valence-corrected chi connectivity index (χ2v) is 8.47. The van der Waals surface area contributed by atoms with E-state index >= 15 is 0 Å². The van der Waals surface area contributed by atoms with Crippen LogP contribution in [-0.4, -0.2) is 43.4 Å². The first-order valence-electron chi connectivity index (χ1n) is 10.5. The highest BCUT2D eigenvalue weighted by atomic mass is 32.2. The highest BCUT2D eigenvalue weighted by Gasteiger charge is 2.20. The molecular formula is C24H25N5O4S. The van der Waals surface area contributed by atoms with Crippen LogP contribution in [-0.2, 0) is 11.3 Å². The monoisotopic (exact) mass is 479 g/mol. The SMILES string of the molecule is C=CCn1c(SCC(=O)Nc2cccc(C(=O)O)c2)nnc1[C@H](C)NC(=O)c1ccc(C)cc1. The molecule has 3 aromatic rings. The summed E-state index contributed by atoms with van der Waals surface area (Å²) in [5.74, 6) is -1.03. The third-order valence-electron chi connectivity index (χ3n) is 4.83. The Morgan fingerprint density at radius 2 is 1.88 bits per heavy atom. The van der Waals surface area contributed by atoms with E-state index in [9.17, 15) is 14.4 Å². The van der Waals surface area contributed by atoms with E-state index in [2.05, 4.69) is 27.4 Å². The van der Waals surface area contributed by atoms with Crippen molar-refractivity contribution in [3.8, 4) is 0 Å². The Hall–Kier alpha value is -3.92. The minimum absolute atomic E-state index is 0.0384. The Morgan fingerprint density at radius 3 is 2.56 bits per heavy atom. The molecule has 0 spiro atoms. The molecular weight excluding hydrogens is 454 g/mol. The van der Waals surface area contributed by atoms with Gasteiger partial charge < -0.3 is 20.3 Å². The van der Waals surface area contributed by atoms with Crippen LogP contribution in [0.15, 0.2) is 66.3 Å². The number of hydrogen-bond donors (Lipinski definition) is 3. The summed E-state index contributed by atoms with van der Waals surface area (Å²) in [5, 5.41) is 23.6. The molecule has 9 nitrogen and oxygen atoms in total. The van der Waals surface area contributed by atoms with Gasteiger partial charge in [-0.1, -0.05) is 41.6 Å². The number of anilines is 1. The lowest BCUT2D eigenvalue weighted by Gasteiger charge is -2.15. The van der Waals surface area contributed by atoms with E-state index in [0.29, 0.717) is 28.8 Å². The molecule has 10 heteroatoms. The molecule has 0 aliphatic carbocycles. The van der Waals surface area contributed by atoms with Gasteiger partial charge >= 0.3 is 5.97 Å². The molecule has 0 saturated carbocycles. The maximum Gasteiger partial charge on any atom is 0.335 e. The van der Waals surface area contributed by atoms with Crippen molar-refractivity contribution in [1.29, 1.82) is 0 Å². The van der Waals surface area contributed by atoms with Crippen LogP contribution in [0.5, 0.6) is 0 Å². The number of nitrogens with one attached hydrogen (secondary N) is 2. The number of amides is 2. The number of carbonyl (C=O) groups is 3. The van der Waals surface area contributed by atoms with E-state index in [1.54, 1.807) is 34.9 Å². The summed E-state index contributed by atoms with van der Waals surface area (Å²) in [6.07, 6.45) is 1.68. The van der Waals surface area contributed by atoms with Crippen LogP contribution in [0.3, 0.4) is 0 Å². The zero-order chi connectivity index (χ0) is 24.7. The molecule has 3 N–H and O–H groups in total. The number of carboxylic acids is 1. The normalized spacial score (nSPS) is 11.5. The van der Waals surface area contributed by atoms with Gasteiger partial charge in [-0.2, -0.15) is 0 Å². The molecule has 0 radical (unpaired) electrons. The quantitative estimate of drug-likeness (QED) is 0.299. The van der Waals surface area contributed by atoms with Crippen molar-refractivity contribution in [2.45, 2.75) is 31.6 Å². The van der Waals surface area contributed by atoms with E-state index in [4.69, 9.17) is 5.11 Å². The van der Waals surface area contributed by atoms with Crippen LogP contribution in [0.1, 0.15) is 45.1 Å². The number of thioether (sulfide) groups is 1. The average molecular weight is 480 g/mol. The van der Waals surface area contributed by atoms with Gasteiger partial charge in [0.2, 0.25) is 5.91 Å². The standard InChI is InChI=1S/C24H25N5O4S/c1-4-12-29-21(16(3)25-22(31)17-10-8-15(2)9-11-17)27-28-24(29)34-14-20(30)26-19-7-5-6-18(13-19)23(32)33/h4-11,13,16H,1,12,14H2,2-3H3,(H,25,31)(H,26,30)(H,32,33)/t16-/m0/s1. The van der Waals surface area contributed by atoms with Crippen molar-refractivity contribution in [2.24, 2.45) is 0 Å². The van der Waals surface area contributed by atoms with E-state index in [0.717, 1.165) is 5.56 Å². The first kappa shape index (κ1) is 24.7. The van der Waals surface area contributed by atoms with Crippen LogP contribution in [0, 0.1) is 6.92 Å². The van der Waals surface area contributed by atoms with E-state index in [1.807, 2.05) is 26.0 Å². The molecule has 0 aliphatic heterocycles. The zero-order valence-electron chi connectivity index (χ0n) is 18.8. The molecule has 34 heavy (non-hydrogen) atoms. The number of carboxylic acid groups (broad SMARTS) is 1. The topological polar surface area (TPSA) is 126 Å². The number of allylic oxidation sites excluding steroid dienone is 1. The first-order valence-corrected chi connectivity index (χ1v) is 11.4. The van der Waals surface area contributed by atoms with Gasteiger partial charge in [-0.3, -0.25) is 9.59 Å². The van der Waals surface area contributed by atoms with E-state index in [1.165, 1.54) is 23.9 Å². The molecule has 0 saturated heterocycles. The van der Waals surface area contributed by atoms with Crippen molar-refractivity contribution in [3.63, 3.8) is 0 Å². The predicted octanol–water partition coefficient (Wildman–Crippen LogP) is 3.69. The smallest absolute Gasteiger partial charge is 0.335 e. The highest BCUT2D eigenvalue weighted by Crippen LogP contribution is 2.22. The van der Waals surface area contributed by atoms with Gasteiger partial charge in [0.15, 0.2) is 11.0 Å². The third-order valence-corrected chi connectivity index (χ3v) is 5.80. The van der Waals surface area contributed by atoms with Crippen LogP contribution in [0.2, 0.25) is 0 Å². The van der Waals surface area contributed by atoms with Crippen molar-refractivity contribution >= 4 is 35.2 Å². The summed E-state index contributed by atoms with van der Waals surface area (Å²) < 4.78 is 1.79. The maximum atomic E-state index is 12.6. The number of aromatic carboxylic acids is 1. The number of aryl methyl sites for hydroxylation is 1. The van der Waals surface area contributed by atoms with Crippen LogP contribution < -0.4 is 10.6 Å². The molecule has 0 bridgehead atoms. The van der Waals surface area contributed by atoms with Gasteiger partial charge in [-0.25, -0.2) is 4.79 Å². The molecule has 1 heterocycles. The summed E-state index contributed by atoms with van der Waals surface area (Å²) in [7, 11) is 0. The lowest BCUT2D eigenvalue weighted by atomic mass is 10.1. The Kier molecular flexibility index (Phi) is 8.20. The summed E-state index contributed by atoms with van der Waals surface area (Å²) in [4.78, 5) is 36.1. The van der Waals surface area contributed by atoms with Crippen molar-refractivity contribution in [3.05, 3.63) is 83.7 Å². The fourth-order valence-corrected chi connectivity index (χ4v) is 3.89. The summed E-state index contributed by atoms with van der Waals surface area (Å²) >= 11 is 1.18. The molecule has 1 aromatic heterocycles. The lowest BCUT2D eigenvalue weighted by Crippen LogP contribution is -2.28. The minimum atomic E-state index is -1.07. The van der Waals surface area contributed by atoms with Gasteiger partial charge in [0.25, 0.3) is 5.91 Å². The van der Waals surface area contributed by atoms with Gasteiger partial charge in [0, 0.05) is 17.8 Å². The van der Waals surface area contributed by atoms with Crippen molar-refractivity contribution in [2.75, 3.05) is 11.1 Å². The molecule has 2 amide bonds. The second-order valence-electron chi connectivity index (χ2n) is 7.52. The van der Waals surface area contributed by atoms with Crippen molar-refractivity contribution < 1.29 is 19.5 Å². The molecule has 2 aromatic carbocycles. The molecule has 0 aliphatic rings. The molecule has 0 fully saturated rings. The van der Waals surface area contributed by atoms with Gasteiger partial charge in [-0.05, 0) is 44.2 Å². The molecule has 1 atom stereocenters. The van der Waals surface area contributed by atoms with Crippen molar-refractivity contribution in [1.82, 2.24) is 20.1 Å². The average Bonchev–Trinajstić information content (AvgIpc) is 3.21. The zero-order valence-corrected chi connectivity index (χ0v) is 19.6. The number of rotatable bonds is 10. The minimum Gasteiger partial charge on any atom is -0.478 e. The maximum absolute atomic E-state index is 12.6. The van der Waals surface area contributed by atoms with Gasteiger partial charge in [0.05, 0.1) is 17.4 Å². The fourth-order valence-electron chi connectivity index (χ4n) is 3.13. The van der Waals surface area contributed by atoms with E-state index in [-0.39, 0.29) is 23.1 Å². The Labute approximate surface area is 201 Å². The van der Waals surface area contributed by atoms with Gasteiger partial charge in [-0.15, -0.1) is 16.8 Å². The third kappa shape index (κ3) is 6.32. The number of hydrogen-bond acceptors (Lipinski definition) is 6. The fraction of sp³-hybridized carbons (Fsp3) is 0.208. The predicted molar refractivity (Wildman–Crippen MR) is 130 cm³/mol. The number of carbonyl (C=O) groups excluding carboxylic acids is 2. The molecule has 3 rings (SSSR count). The van der Waals surface area contributed by atoms with E-state index < -0.39 is 12.0 Å². The Bertz CT molecular complexity index is 1210.